The van der Waals surface area contributed by atoms with E-state index in [0.29, 0.717) is 19.8 Å². The van der Waals surface area contributed by atoms with Gasteiger partial charge in [-0.25, -0.2) is 0 Å². The lowest BCUT2D eigenvalue weighted by Crippen LogP contribution is -2.44. The van der Waals surface area contributed by atoms with Gasteiger partial charge in [-0.15, -0.1) is 0 Å². The van der Waals surface area contributed by atoms with E-state index in [-0.39, 0.29) is 0 Å². The molecular formula is C10H22O3Si. The van der Waals surface area contributed by atoms with Crippen LogP contribution >= 0.6 is 0 Å². The molecule has 3 nitrogen and oxygen atoms in total. The number of rotatable bonds is 9. The van der Waals surface area contributed by atoms with Gasteiger partial charge in [-0.05, 0) is 19.3 Å². The van der Waals surface area contributed by atoms with Gasteiger partial charge in [-0.1, -0.05) is 20.8 Å². The van der Waals surface area contributed by atoms with Crippen molar-refractivity contribution < 1.29 is 13.3 Å². The van der Waals surface area contributed by atoms with Crippen molar-refractivity contribution in [2.24, 2.45) is 0 Å². The Balaban J connectivity index is 3.89. The third-order valence-corrected chi connectivity index (χ3v) is 3.34. The Labute approximate surface area is 89.1 Å². The van der Waals surface area contributed by atoms with Gasteiger partial charge >= 0.3 is 8.80 Å². The van der Waals surface area contributed by atoms with Crippen LogP contribution in [0.5, 0.6) is 0 Å². The van der Waals surface area contributed by atoms with Gasteiger partial charge in [0.25, 0.3) is 0 Å². The lowest BCUT2D eigenvalue weighted by molar-refractivity contribution is 0.0708. The third kappa shape index (κ3) is 6.54. The second-order valence-electron chi connectivity index (χ2n) is 3.15. The van der Waals surface area contributed by atoms with Crippen LogP contribution in [0.4, 0.5) is 0 Å². The van der Waals surface area contributed by atoms with E-state index >= 15 is 0 Å². The minimum atomic E-state index is -2.81. The third-order valence-electron chi connectivity index (χ3n) is 1.52. The molecule has 0 aromatic heterocycles. The van der Waals surface area contributed by atoms with E-state index in [1.807, 2.05) is 20.8 Å². The second kappa shape index (κ2) is 8.41. The van der Waals surface area contributed by atoms with Gasteiger partial charge in [0.1, 0.15) is 0 Å². The largest absolute Gasteiger partial charge is 0.504 e. The van der Waals surface area contributed by atoms with Crippen LogP contribution in [-0.2, 0) is 13.3 Å². The maximum Gasteiger partial charge on any atom is 0.504 e. The standard InChI is InChI=1S/C10H22O3Si/c1-5-8-11-14(4,12-9-6-2)13-10-7-3/h4H,5-10H2,1-3H3. The van der Waals surface area contributed by atoms with Crippen LogP contribution in [0, 0.1) is 6.55 Å². The van der Waals surface area contributed by atoms with Crippen LogP contribution in [0.15, 0.2) is 0 Å². The van der Waals surface area contributed by atoms with E-state index in [1.54, 1.807) is 0 Å². The Bertz CT molecular complexity index is 109. The zero-order valence-corrected chi connectivity index (χ0v) is 10.5. The molecule has 0 amide bonds. The second-order valence-corrected chi connectivity index (χ2v) is 5.22. The first-order chi connectivity index (χ1) is 6.68. The van der Waals surface area contributed by atoms with Crippen molar-refractivity contribution in [2.45, 2.75) is 40.0 Å². The lowest BCUT2D eigenvalue weighted by Gasteiger charge is -2.25. The summed E-state index contributed by atoms with van der Waals surface area (Å²) in [6, 6.07) is 0. The molecule has 0 aliphatic rings. The predicted octanol–water partition coefficient (Wildman–Crippen LogP) is 2.46. The van der Waals surface area contributed by atoms with E-state index in [0.717, 1.165) is 19.3 Å². The van der Waals surface area contributed by atoms with E-state index in [1.165, 1.54) is 0 Å². The van der Waals surface area contributed by atoms with Gasteiger partial charge in [0.2, 0.25) is 0 Å². The smallest absolute Gasteiger partial charge is 0.373 e. The van der Waals surface area contributed by atoms with Gasteiger partial charge in [-0.2, -0.15) is 0 Å². The molecule has 0 rings (SSSR count). The van der Waals surface area contributed by atoms with Crippen LogP contribution < -0.4 is 0 Å². The topological polar surface area (TPSA) is 27.7 Å². The predicted molar refractivity (Wildman–Crippen MR) is 58.8 cm³/mol. The maximum absolute atomic E-state index is 5.93. The zero-order valence-electron chi connectivity index (χ0n) is 9.54. The number of hydrogen-bond donors (Lipinski definition) is 0. The van der Waals surface area contributed by atoms with Gasteiger partial charge in [0.15, 0.2) is 0 Å². The molecule has 84 valence electrons. The summed E-state index contributed by atoms with van der Waals surface area (Å²) in [5, 5.41) is 0. The molecule has 0 aromatic rings. The van der Waals surface area contributed by atoms with Gasteiger partial charge in [0.05, 0.1) is 0 Å². The minimum absolute atomic E-state index is 0.607. The average Bonchev–Trinajstić information content (AvgIpc) is 2.21. The van der Waals surface area contributed by atoms with Crippen molar-refractivity contribution in [3.05, 3.63) is 6.55 Å². The monoisotopic (exact) mass is 218 g/mol. The molecular weight excluding hydrogens is 196 g/mol. The highest BCUT2D eigenvalue weighted by Crippen LogP contribution is 2.09. The highest BCUT2D eigenvalue weighted by molar-refractivity contribution is 6.62. The first-order valence-electron chi connectivity index (χ1n) is 5.39. The average molecular weight is 218 g/mol. The van der Waals surface area contributed by atoms with Crippen LogP contribution in [0.3, 0.4) is 0 Å². The molecule has 0 heterocycles. The molecule has 0 saturated carbocycles. The molecule has 4 heteroatoms. The molecule has 0 bridgehead atoms. The molecule has 0 spiro atoms. The minimum Gasteiger partial charge on any atom is -0.373 e. The van der Waals surface area contributed by atoms with Crippen LogP contribution in [0.25, 0.3) is 0 Å². The van der Waals surface area contributed by atoms with Crippen molar-refractivity contribution in [3.63, 3.8) is 0 Å². The summed E-state index contributed by atoms with van der Waals surface area (Å²) in [4.78, 5) is 0. The zero-order chi connectivity index (χ0) is 10.9. The summed E-state index contributed by atoms with van der Waals surface area (Å²) in [5.74, 6) is 0. The molecule has 14 heavy (non-hydrogen) atoms. The Kier molecular flexibility index (Phi) is 8.47. The fraction of sp³-hybridized carbons (Fsp3) is 0.900. The van der Waals surface area contributed by atoms with Gasteiger partial charge in [0, 0.05) is 26.4 Å². The molecule has 0 N–H and O–H groups in total. The normalized spacial score (nSPS) is 12.0. The molecule has 0 atom stereocenters. The van der Waals surface area contributed by atoms with Crippen molar-refractivity contribution in [3.8, 4) is 0 Å². The number of hydrogen-bond acceptors (Lipinski definition) is 3. The SMILES string of the molecule is [CH][Si](OCCC)(OCCC)OCCC. The molecule has 0 aliphatic carbocycles. The molecule has 2 radical (unpaired) electrons. The van der Waals surface area contributed by atoms with Crippen LogP contribution in [-0.4, -0.2) is 28.6 Å². The quantitative estimate of drug-likeness (QED) is 0.556. The van der Waals surface area contributed by atoms with E-state index in [9.17, 15) is 0 Å². The van der Waals surface area contributed by atoms with Crippen molar-refractivity contribution >= 4 is 8.80 Å². The highest BCUT2D eigenvalue weighted by atomic mass is 28.4. The van der Waals surface area contributed by atoms with Crippen molar-refractivity contribution in [1.82, 2.24) is 0 Å². The van der Waals surface area contributed by atoms with Crippen LogP contribution in [0.2, 0.25) is 0 Å². The lowest BCUT2D eigenvalue weighted by atomic mass is 10.5. The van der Waals surface area contributed by atoms with Gasteiger partial charge in [-0.3, -0.25) is 0 Å². The Morgan fingerprint density at radius 1 is 0.786 bits per heavy atom. The fourth-order valence-corrected chi connectivity index (χ4v) is 2.57. The molecule has 0 fully saturated rings. The molecule has 0 aromatic carbocycles. The Morgan fingerprint density at radius 3 is 1.29 bits per heavy atom. The summed E-state index contributed by atoms with van der Waals surface area (Å²) in [6.07, 6.45) is 2.78. The van der Waals surface area contributed by atoms with E-state index in [4.69, 9.17) is 19.8 Å². The Morgan fingerprint density at radius 2 is 1.07 bits per heavy atom. The Hall–Kier alpha value is 0.0969. The molecule has 0 aliphatic heterocycles. The van der Waals surface area contributed by atoms with Crippen LogP contribution in [0.1, 0.15) is 40.0 Å². The molecule has 0 unspecified atom stereocenters. The first-order valence-corrected chi connectivity index (χ1v) is 7.19. The van der Waals surface area contributed by atoms with E-state index in [2.05, 4.69) is 0 Å². The van der Waals surface area contributed by atoms with Gasteiger partial charge < -0.3 is 13.3 Å². The first kappa shape index (κ1) is 14.1. The molecule has 0 saturated heterocycles. The maximum atomic E-state index is 5.93. The van der Waals surface area contributed by atoms with E-state index < -0.39 is 8.80 Å². The summed E-state index contributed by atoms with van der Waals surface area (Å²) in [6.45, 7) is 13.9. The van der Waals surface area contributed by atoms with Crippen molar-refractivity contribution in [1.29, 1.82) is 0 Å². The summed E-state index contributed by atoms with van der Waals surface area (Å²) < 4.78 is 16.4. The summed E-state index contributed by atoms with van der Waals surface area (Å²) in [7, 11) is -2.81. The summed E-state index contributed by atoms with van der Waals surface area (Å²) in [5.41, 5.74) is 0. The van der Waals surface area contributed by atoms with Crippen molar-refractivity contribution in [2.75, 3.05) is 19.8 Å². The summed E-state index contributed by atoms with van der Waals surface area (Å²) >= 11 is 0. The fourth-order valence-electron chi connectivity index (χ4n) is 0.858. The highest BCUT2D eigenvalue weighted by Gasteiger charge is 2.34.